The molecule has 3 amide bonds. The molecule has 9 nitrogen and oxygen atoms in total. The number of anilines is 2. The van der Waals surface area contributed by atoms with Crippen molar-refractivity contribution in [2.75, 3.05) is 24.7 Å². The Hall–Kier alpha value is -3.72. The predicted molar refractivity (Wildman–Crippen MR) is 136 cm³/mol. The molecule has 4 rings (SSSR count). The fourth-order valence-corrected chi connectivity index (χ4v) is 4.53. The molecule has 0 unspecified atom stereocenters. The summed E-state index contributed by atoms with van der Waals surface area (Å²) in [6, 6.07) is 7.95. The van der Waals surface area contributed by atoms with Crippen molar-refractivity contribution in [1.82, 2.24) is 9.88 Å². The minimum Gasteiger partial charge on any atom is -0.449 e. The van der Waals surface area contributed by atoms with Crippen LogP contribution in [0.2, 0.25) is 5.02 Å². The number of hydrogen-bond acceptors (Lipinski definition) is 6. The molecule has 3 aromatic rings. The summed E-state index contributed by atoms with van der Waals surface area (Å²) < 4.78 is 5.84. The number of fused-ring (bicyclic) bond motifs is 1. The van der Waals surface area contributed by atoms with E-state index in [-0.39, 0.29) is 35.0 Å². The van der Waals surface area contributed by atoms with Crippen molar-refractivity contribution in [2.24, 2.45) is 11.8 Å². The highest BCUT2D eigenvalue weighted by molar-refractivity contribution is 6.30. The van der Waals surface area contributed by atoms with Gasteiger partial charge in [0.25, 0.3) is 11.8 Å². The number of nitrogens with zero attached hydrogens (tertiary/aromatic N) is 2. The summed E-state index contributed by atoms with van der Waals surface area (Å²) in [5, 5.41) is 6.41. The quantitative estimate of drug-likeness (QED) is 0.441. The number of benzene rings is 1. The smallest absolute Gasteiger partial charge is 0.294 e. The zero-order chi connectivity index (χ0) is 25.8. The van der Waals surface area contributed by atoms with Crippen LogP contribution in [0.15, 0.2) is 40.9 Å². The van der Waals surface area contributed by atoms with E-state index in [2.05, 4.69) is 15.6 Å². The monoisotopic (exact) mass is 510 g/mol. The molecule has 0 atom stereocenters. The minimum atomic E-state index is -0.605. The van der Waals surface area contributed by atoms with Gasteiger partial charge >= 0.3 is 0 Å². The third-order valence-corrected chi connectivity index (χ3v) is 6.64. The van der Waals surface area contributed by atoms with Crippen LogP contribution in [-0.4, -0.2) is 48.0 Å². The molecule has 0 aliphatic heterocycles. The lowest BCUT2D eigenvalue weighted by Gasteiger charge is -2.26. The van der Waals surface area contributed by atoms with Crippen molar-refractivity contribution in [3.8, 4) is 0 Å². The molecule has 0 bridgehead atoms. The zero-order valence-corrected chi connectivity index (χ0v) is 20.8. The average Bonchev–Trinajstić information content (AvgIpc) is 3.23. The molecular formula is C26H27ClN4O5. The summed E-state index contributed by atoms with van der Waals surface area (Å²) in [7, 11) is 3.28. The van der Waals surface area contributed by atoms with Crippen LogP contribution in [-0.2, 0) is 9.59 Å². The molecule has 10 heteroatoms. The highest BCUT2D eigenvalue weighted by atomic mass is 35.5. The lowest BCUT2D eigenvalue weighted by molar-refractivity contribution is -0.121. The van der Waals surface area contributed by atoms with E-state index in [4.69, 9.17) is 16.0 Å². The van der Waals surface area contributed by atoms with E-state index in [1.807, 2.05) is 0 Å². The molecule has 1 aliphatic rings. The van der Waals surface area contributed by atoms with Crippen LogP contribution in [0.25, 0.3) is 11.0 Å². The van der Waals surface area contributed by atoms with Gasteiger partial charge in [0.1, 0.15) is 23.4 Å². The van der Waals surface area contributed by atoms with Crippen molar-refractivity contribution in [3.05, 3.63) is 52.9 Å². The minimum absolute atomic E-state index is 0.0980. The average molecular weight is 511 g/mol. The Bertz CT molecular complexity index is 1290. The molecule has 0 spiro atoms. The van der Waals surface area contributed by atoms with E-state index in [0.29, 0.717) is 46.7 Å². The molecule has 2 aromatic heterocycles. The Morgan fingerprint density at radius 3 is 2.50 bits per heavy atom. The van der Waals surface area contributed by atoms with Crippen molar-refractivity contribution in [2.45, 2.75) is 32.1 Å². The van der Waals surface area contributed by atoms with E-state index in [0.717, 1.165) is 19.1 Å². The number of nitrogens with one attached hydrogen (secondary N) is 2. The second-order valence-electron chi connectivity index (χ2n) is 9.14. The van der Waals surface area contributed by atoms with E-state index >= 15 is 0 Å². The summed E-state index contributed by atoms with van der Waals surface area (Å²) in [6.07, 6.45) is 5.72. The summed E-state index contributed by atoms with van der Waals surface area (Å²) in [5.41, 5.74) is 0.943. The molecule has 2 N–H and O–H groups in total. The largest absolute Gasteiger partial charge is 0.449 e. The lowest BCUT2D eigenvalue weighted by atomic mass is 9.80. The highest BCUT2D eigenvalue weighted by Gasteiger charge is 2.29. The summed E-state index contributed by atoms with van der Waals surface area (Å²) in [6.45, 7) is 0. The van der Waals surface area contributed by atoms with Crippen molar-refractivity contribution in [1.29, 1.82) is 0 Å². The van der Waals surface area contributed by atoms with Crippen LogP contribution in [0.3, 0.4) is 0 Å². The van der Waals surface area contributed by atoms with Crippen LogP contribution < -0.4 is 10.6 Å². The number of aromatic nitrogens is 1. The van der Waals surface area contributed by atoms with Crippen molar-refractivity contribution < 1.29 is 23.6 Å². The zero-order valence-electron chi connectivity index (χ0n) is 20.0. The number of amides is 3. The van der Waals surface area contributed by atoms with Crippen LogP contribution in [0.1, 0.15) is 53.0 Å². The Kier molecular flexibility index (Phi) is 7.69. The van der Waals surface area contributed by atoms with Gasteiger partial charge in [0, 0.05) is 43.6 Å². The van der Waals surface area contributed by atoms with Crippen LogP contribution in [0, 0.1) is 11.8 Å². The van der Waals surface area contributed by atoms with E-state index in [1.54, 1.807) is 44.4 Å². The summed E-state index contributed by atoms with van der Waals surface area (Å²) in [5.74, 6) is -0.845. The Labute approximate surface area is 213 Å². The number of halogens is 1. The van der Waals surface area contributed by atoms with Gasteiger partial charge in [0.2, 0.25) is 11.7 Å². The normalized spacial score (nSPS) is 17.4. The SMILES string of the molecule is CN(C)C(=O)c1ccc2oc(C(=O)Nc3ccc(Cl)cn3)c(NC(=O)C3CCC(CC=O)CC3)c2c1. The first kappa shape index (κ1) is 25.4. The molecule has 0 saturated heterocycles. The number of rotatable bonds is 7. The first-order valence-corrected chi connectivity index (χ1v) is 12.1. The van der Waals surface area contributed by atoms with E-state index in [1.165, 1.54) is 11.1 Å². The molecule has 1 fully saturated rings. The van der Waals surface area contributed by atoms with Gasteiger partial charge in [-0.1, -0.05) is 11.6 Å². The van der Waals surface area contributed by atoms with Gasteiger partial charge in [0.05, 0.1) is 5.02 Å². The maximum absolute atomic E-state index is 13.2. The highest BCUT2D eigenvalue weighted by Crippen LogP contribution is 2.35. The second-order valence-corrected chi connectivity index (χ2v) is 9.58. The van der Waals surface area contributed by atoms with Crippen LogP contribution >= 0.6 is 11.6 Å². The number of furan rings is 1. The lowest BCUT2D eigenvalue weighted by Crippen LogP contribution is -2.28. The van der Waals surface area contributed by atoms with Gasteiger partial charge in [-0.3, -0.25) is 14.4 Å². The molecule has 36 heavy (non-hydrogen) atoms. The molecule has 1 saturated carbocycles. The topological polar surface area (TPSA) is 122 Å². The van der Waals surface area contributed by atoms with Gasteiger partial charge < -0.3 is 24.7 Å². The number of aldehydes is 1. The number of pyridine rings is 1. The molecular weight excluding hydrogens is 484 g/mol. The maximum atomic E-state index is 13.2. The van der Waals surface area contributed by atoms with E-state index < -0.39 is 5.91 Å². The van der Waals surface area contributed by atoms with Crippen LogP contribution in [0.4, 0.5) is 11.5 Å². The first-order chi connectivity index (χ1) is 17.3. The van der Waals surface area contributed by atoms with Crippen molar-refractivity contribution in [3.63, 3.8) is 0 Å². The standard InChI is InChI=1S/C26H27ClN4O5/c1-31(2)26(35)17-7-9-20-19(13-17)22(30-24(33)16-5-3-15(4-6-16)11-12-32)23(36-20)25(34)29-21-10-8-18(27)14-28-21/h7-10,12-16H,3-6,11H2,1-2H3,(H,30,33)(H,28,29,34). The Morgan fingerprint density at radius 1 is 1.11 bits per heavy atom. The van der Waals surface area contributed by atoms with E-state index in [9.17, 15) is 19.2 Å². The van der Waals surface area contributed by atoms with Gasteiger partial charge in [-0.2, -0.15) is 0 Å². The summed E-state index contributed by atoms with van der Waals surface area (Å²) in [4.78, 5) is 55.3. The molecule has 188 valence electrons. The predicted octanol–water partition coefficient (Wildman–Crippen LogP) is 4.77. The molecule has 2 heterocycles. The third-order valence-electron chi connectivity index (χ3n) is 6.41. The number of carbonyl (C=O) groups excluding carboxylic acids is 4. The molecule has 1 aliphatic carbocycles. The fourth-order valence-electron chi connectivity index (χ4n) is 4.42. The van der Waals surface area contributed by atoms with Crippen molar-refractivity contribution >= 4 is 58.1 Å². The first-order valence-electron chi connectivity index (χ1n) is 11.7. The van der Waals surface area contributed by atoms with Crippen LogP contribution in [0.5, 0.6) is 0 Å². The molecule has 1 aromatic carbocycles. The number of carbonyl (C=O) groups is 4. The van der Waals surface area contributed by atoms with Gasteiger partial charge in [-0.05, 0) is 61.9 Å². The third kappa shape index (κ3) is 5.57. The molecule has 0 radical (unpaired) electrons. The number of hydrogen-bond donors (Lipinski definition) is 2. The second kappa shape index (κ2) is 10.9. The van der Waals surface area contributed by atoms with Gasteiger partial charge in [0.15, 0.2) is 0 Å². The van der Waals surface area contributed by atoms with Gasteiger partial charge in [-0.25, -0.2) is 4.98 Å². The Balaban J connectivity index is 1.66. The summed E-state index contributed by atoms with van der Waals surface area (Å²) >= 11 is 5.87. The maximum Gasteiger partial charge on any atom is 0.294 e. The Morgan fingerprint density at radius 2 is 1.86 bits per heavy atom. The van der Waals surface area contributed by atoms with Gasteiger partial charge in [-0.15, -0.1) is 0 Å². The fraction of sp³-hybridized carbons (Fsp3) is 0.346.